The fourth-order valence-electron chi connectivity index (χ4n) is 1.69. The molecule has 1 aromatic carbocycles. The van der Waals surface area contributed by atoms with Gasteiger partial charge in [0.1, 0.15) is 5.75 Å². The van der Waals surface area contributed by atoms with Gasteiger partial charge in [0.2, 0.25) is 0 Å². The van der Waals surface area contributed by atoms with Crippen molar-refractivity contribution < 1.29 is 9.53 Å². The highest BCUT2D eigenvalue weighted by Crippen LogP contribution is 2.29. The van der Waals surface area contributed by atoms with Crippen molar-refractivity contribution >= 4 is 38.3 Å². The van der Waals surface area contributed by atoms with Gasteiger partial charge in [-0.2, -0.15) is 0 Å². The molecule has 2 aromatic rings. The van der Waals surface area contributed by atoms with Crippen molar-refractivity contribution in [1.29, 1.82) is 0 Å². The number of rotatable bonds is 5. The second kappa shape index (κ2) is 6.85. The van der Waals surface area contributed by atoms with E-state index in [0.29, 0.717) is 11.0 Å². The Morgan fingerprint density at radius 3 is 2.95 bits per heavy atom. The van der Waals surface area contributed by atoms with Crippen LogP contribution < -0.4 is 10.1 Å². The van der Waals surface area contributed by atoms with Gasteiger partial charge in [0.05, 0.1) is 0 Å². The molecule has 0 atom stereocenters. The number of benzene rings is 1. The van der Waals surface area contributed by atoms with Gasteiger partial charge in [0, 0.05) is 16.0 Å². The summed E-state index contributed by atoms with van der Waals surface area (Å²) in [6.07, 6.45) is 1.65. The number of nitrogens with one attached hydrogen (secondary N) is 1. The smallest absolute Gasteiger partial charge is 0.264 e. The molecule has 1 N–H and O–H groups in total. The van der Waals surface area contributed by atoms with Gasteiger partial charge in [-0.1, -0.05) is 29.8 Å². The molecular weight excluding hydrogens is 340 g/mol. The van der Waals surface area contributed by atoms with E-state index in [4.69, 9.17) is 4.74 Å². The second-order valence-electron chi connectivity index (χ2n) is 4.51. The van der Waals surface area contributed by atoms with E-state index in [1.807, 2.05) is 23.6 Å². The number of carbonyl (C=O) groups excluding carboxylic acids is 1. The first-order valence-corrected chi connectivity index (χ1v) is 7.85. The number of ether oxygens (including phenoxy) is 1. The van der Waals surface area contributed by atoms with Crippen LogP contribution >= 0.6 is 27.3 Å². The molecule has 1 heterocycles. The first-order chi connectivity index (χ1) is 9.56. The molecule has 0 aliphatic rings. The zero-order valence-corrected chi connectivity index (χ0v) is 13.6. The van der Waals surface area contributed by atoms with E-state index in [1.165, 1.54) is 11.3 Å². The molecule has 0 saturated carbocycles. The van der Waals surface area contributed by atoms with Gasteiger partial charge in [0.15, 0.2) is 11.7 Å². The van der Waals surface area contributed by atoms with Gasteiger partial charge in [-0.15, -0.1) is 11.3 Å². The molecule has 106 valence electrons. The first kappa shape index (κ1) is 15.0. The van der Waals surface area contributed by atoms with Crippen molar-refractivity contribution in [3.05, 3.63) is 39.8 Å². The lowest BCUT2D eigenvalue weighted by atomic mass is 10.0. The van der Waals surface area contributed by atoms with Crippen molar-refractivity contribution in [3.63, 3.8) is 0 Å². The lowest BCUT2D eigenvalue weighted by Crippen LogP contribution is -2.20. The predicted molar refractivity (Wildman–Crippen MR) is 84.5 cm³/mol. The minimum absolute atomic E-state index is 0.0269. The number of hydrogen-bond acceptors (Lipinski definition) is 4. The van der Waals surface area contributed by atoms with Crippen LogP contribution in [0.15, 0.2) is 34.2 Å². The maximum atomic E-state index is 11.8. The molecule has 0 radical (unpaired) electrons. The van der Waals surface area contributed by atoms with Gasteiger partial charge in [0.25, 0.3) is 5.91 Å². The van der Waals surface area contributed by atoms with Crippen LogP contribution in [0.25, 0.3) is 0 Å². The number of nitrogens with zero attached hydrogens (tertiary/aromatic N) is 1. The van der Waals surface area contributed by atoms with Gasteiger partial charge >= 0.3 is 0 Å². The molecular formula is C14H15BrN2O2S. The van der Waals surface area contributed by atoms with E-state index in [0.717, 1.165) is 15.8 Å². The molecule has 6 heteroatoms. The lowest BCUT2D eigenvalue weighted by Gasteiger charge is -2.14. The van der Waals surface area contributed by atoms with Crippen molar-refractivity contribution in [1.82, 2.24) is 4.98 Å². The van der Waals surface area contributed by atoms with Crippen LogP contribution in [-0.4, -0.2) is 17.5 Å². The Balaban J connectivity index is 1.98. The van der Waals surface area contributed by atoms with Crippen LogP contribution in [0.3, 0.4) is 0 Å². The third kappa shape index (κ3) is 4.05. The van der Waals surface area contributed by atoms with Crippen LogP contribution in [0.1, 0.15) is 25.3 Å². The van der Waals surface area contributed by atoms with Gasteiger partial charge < -0.3 is 4.74 Å². The molecule has 1 amide bonds. The van der Waals surface area contributed by atoms with Crippen molar-refractivity contribution in [3.8, 4) is 5.75 Å². The molecule has 20 heavy (non-hydrogen) atoms. The maximum absolute atomic E-state index is 11.8. The molecule has 0 spiro atoms. The van der Waals surface area contributed by atoms with Crippen LogP contribution in [0.2, 0.25) is 0 Å². The summed E-state index contributed by atoms with van der Waals surface area (Å²) in [7, 11) is 0. The minimum atomic E-state index is -0.211. The fraction of sp³-hybridized carbons (Fsp3) is 0.286. The van der Waals surface area contributed by atoms with Crippen LogP contribution in [0, 0.1) is 0 Å². The van der Waals surface area contributed by atoms with Gasteiger partial charge in [-0.25, -0.2) is 4.98 Å². The summed E-state index contributed by atoms with van der Waals surface area (Å²) in [5.41, 5.74) is 1.07. The summed E-state index contributed by atoms with van der Waals surface area (Å²) >= 11 is 4.82. The Morgan fingerprint density at radius 2 is 2.30 bits per heavy atom. The zero-order chi connectivity index (χ0) is 14.5. The zero-order valence-electron chi connectivity index (χ0n) is 11.2. The Bertz CT molecular complexity index is 585. The maximum Gasteiger partial charge on any atom is 0.264 e. The number of amides is 1. The first-order valence-electron chi connectivity index (χ1n) is 6.18. The van der Waals surface area contributed by atoms with E-state index in [9.17, 15) is 4.79 Å². The second-order valence-corrected chi connectivity index (χ2v) is 6.32. The topological polar surface area (TPSA) is 51.2 Å². The summed E-state index contributed by atoms with van der Waals surface area (Å²) in [6, 6.07) is 5.79. The average molecular weight is 355 g/mol. The van der Waals surface area contributed by atoms with Crippen LogP contribution in [0.5, 0.6) is 5.75 Å². The van der Waals surface area contributed by atoms with E-state index in [-0.39, 0.29) is 12.5 Å². The highest BCUT2D eigenvalue weighted by atomic mass is 79.9. The number of thiazole rings is 1. The molecule has 1 aromatic heterocycles. The van der Waals surface area contributed by atoms with E-state index >= 15 is 0 Å². The van der Waals surface area contributed by atoms with E-state index < -0.39 is 0 Å². The van der Waals surface area contributed by atoms with Gasteiger partial charge in [-0.3, -0.25) is 10.1 Å². The van der Waals surface area contributed by atoms with Crippen LogP contribution in [-0.2, 0) is 4.79 Å². The lowest BCUT2D eigenvalue weighted by molar-refractivity contribution is -0.118. The van der Waals surface area contributed by atoms with E-state index in [1.54, 1.807) is 6.20 Å². The number of hydrogen-bond donors (Lipinski definition) is 1. The highest BCUT2D eigenvalue weighted by Gasteiger charge is 2.11. The summed E-state index contributed by atoms with van der Waals surface area (Å²) in [4.78, 5) is 15.7. The molecule has 0 saturated heterocycles. The van der Waals surface area contributed by atoms with E-state index in [2.05, 4.69) is 40.1 Å². The molecule has 4 nitrogen and oxygen atoms in total. The Hall–Kier alpha value is -1.40. The van der Waals surface area contributed by atoms with Crippen LogP contribution in [0.4, 0.5) is 5.13 Å². The molecule has 0 unspecified atom stereocenters. The summed E-state index contributed by atoms with van der Waals surface area (Å²) < 4.78 is 6.61. The number of halogens is 1. The largest absolute Gasteiger partial charge is 0.483 e. The average Bonchev–Trinajstić information content (AvgIpc) is 2.90. The standard InChI is InChI=1S/C14H15BrN2O2S/c1-9(2)11-7-10(15)3-4-12(11)19-8-13(18)17-14-16-5-6-20-14/h3-7,9H,8H2,1-2H3,(H,16,17,18). The fourth-order valence-corrected chi connectivity index (χ4v) is 2.61. The Morgan fingerprint density at radius 1 is 1.50 bits per heavy atom. The van der Waals surface area contributed by atoms with Gasteiger partial charge in [-0.05, 0) is 29.7 Å². The highest BCUT2D eigenvalue weighted by molar-refractivity contribution is 9.10. The third-order valence-corrected chi connectivity index (χ3v) is 3.81. The molecule has 2 rings (SSSR count). The molecule has 0 aliphatic heterocycles. The quantitative estimate of drug-likeness (QED) is 0.881. The predicted octanol–water partition coefficient (Wildman–Crippen LogP) is 4.05. The third-order valence-electron chi connectivity index (χ3n) is 2.63. The number of aromatic nitrogens is 1. The Labute approximate surface area is 130 Å². The monoisotopic (exact) mass is 354 g/mol. The van der Waals surface area contributed by atoms with Crippen molar-refractivity contribution in [2.45, 2.75) is 19.8 Å². The summed E-state index contributed by atoms with van der Waals surface area (Å²) in [5, 5.41) is 5.08. The van der Waals surface area contributed by atoms with Crippen molar-refractivity contribution in [2.75, 3.05) is 11.9 Å². The van der Waals surface area contributed by atoms with Crippen molar-refractivity contribution in [2.24, 2.45) is 0 Å². The minimum Gasteiger partial charge on any atom is -0.483 e. The number of carbonyl (C=O) groups is 1. The Kier molecular flexibility index (Phi) is 5.14. The number of anilines is 1. The molecule has 0 bridgehead atoms. The normalized spacial score (nSPS) is 10.6. The molecule has 0 fully saturated rings. The summed E-state index contributed by atoms with van der Waals surface area (Å²) in [5.74, 6) is 0.847. The molecule has 0 aliphatic carbocycles. The SMILES string of the molecule is CC(C)c1cc(Br)ccc1OCC(=O)Nc1nccs1. The summed E-state index contributed by atoms with van der Waals surface area (Å²) in [6.45, 7) is 4.15.